The number of rotatable bonds is 9. The number of para-hydroxylation sites is 1. The van der Waals surface area contributed by atoms with Gasteiger partial charge in [-0.05, 0) is 73.8 Å². The van der Waals surface area contributed by atoms with E-state index >= 15 is 0 Å². The lowest BCUT2D eigenvalue weighted by Gasteiger charge is -2.25. The Labute approximate surface area is 238 Å². The SMILES string of the molecule is COc1ccccc1C(=O)N(CCN(C)C)c1ccc(N=C(c2ccccc2)C2C(=O)Nc3cc(F)ccc32)cc1. The average molecular weight is 551 g/mol. The minimum Gasteiger partial charge on any atom is -0.496 e. The highest BCUT2D eigenvalue weighted by Crippen LogP contribution is 2.37. The van der Waals surface area contributed by atoms with Gasteiger partial charge in [-0.15, -0.1) is 0 Å². The molecule has 7 nitrogen and oxygen atoms in total. The van der Waals surface area contributed by atoms with E-state index in [2.05, 4.69) is 5.32 Å². The first-order valence-electron chi connectivity index (χ1n) is 13.3. The fourth-order valence-electron chi connectivity index (χ4n) is 4.87. The predicted octanol–water partition coefficient (Wildman–Crippen LogP) is 5.90. The summed E-state index contributed by atoms with van der Waals surface area (Å²) in [5.74, 6) is -1.04. The number of halogens is 1. The van der Waals surface area contributed by atoms with E-state index in [-0.39, 0.29) is 11.8 Å². The van der Waals surface area contributed by atoms with Crippen molar-refractivity contribution in [1.82, 2.24) is 4.90 Å². The van der Waals surface area contributed by atoms with Gasteiger partial charge in [-0.25, -0.2) is 4.39 Å². The molecule has 0 saturated heterocycles. The van der Waals surface area contributed by atoms with Crippen LogP contribution in [0, 0.1) is 5.82 Å². The van der Waals surface area contributed by atoms with Gasteiger partial charge in [-0.2, -0.15) is 0 Å². The lowest BCUT2D eigenvalue weighted by molar-refractivity contribution is -0.115. The van der Waals surface area contributed by atoms with Crippen LogP contribution in [0.3, 0.4) is 0 Å². The lowest BCUT2D eigenvalue weighted by atomic mass is 9.90. The molecule has 0 bridgehead atoms. The van der Waals surface area contributed by atoms with Crippen LogP contribution in [0.2, 0.25) is 0 Å². The summed E-state index contributed by atoms with van der Waals surface area (Å²) < 4.78 is 19.3. The highest BCUT2D eigenvalue weighted by Gasteiger charge is 2.35. The van der Waals surface area contributed by atoms with Gasteiger partial charge in [0.1, 0.15) is 17.5 Å². The zero-order valence-electron chi connectivity index (χ0n) is 23.2. The third kappa shape index (κ3) is 6.02. The Morgan fingerprint density at radius 3 is 2.34 bits per heavy atom. The van der Waals surface area contributed by atoms with Crippen LogP contribution in [0.4, 0.5) is 21.5 Å². The Hall–Kier alpha value is -4.82. The minimum atomic E-state index is -0.698. The van der Waals surface area contributed by atoms with Crippen molar-refractivity contribution >= 4 is 34.6 Å². The van der Waals surface area contributed by atoms with Crippen molar-refractivity contribution in [3.05, 3.63) is 120 Å². The molecular formula is C33H31FN4O3. The molecule has 1 atom stereocenters. The highest BCUT2D eigenvalue weighted by atomic mass is 19.1. The zero-order valence-corrected chi connectivity index (χ0v) is 23.2. The van der Waals surface area contributed by atoms with E-state index in [1.54, 1.807) is 30.2 Å². The molecule has 1 heterocycles. The van der Waals surface area contributed by atoms with Gasteiger partial charge in [0.25, 0.3) is 5.91 Å². The number of anilines is 2. The van der Waals surface area contributed by atoms with E-state index in [0.29, 0.717) is 52.7 Å². The smallest absolute Gasteiger partial charge is 0.262 e. The first-order valence-corrected chi connectivity index (χ1v) is 13.3. The van der Waals surface area contributed by atoms with Crippen molar-refractivity contribution in [3.63, 3.8) is 0 Å². The molecule has 1 unspecified atom stereocenters. The maximum absolute atomic E-state index is 13.9. The van der Waals surface area contributed by atoms with Crippen molar-refractivity contribution in [3.8, 4) is 5.75 Å². The fraction of sp³-hybridized carbons (Fsp3) is 0.182. The van der Waals surface area contributed by atoms with Crippen LogP contribution in [0.25, 0.3) is 0 Å². The monoisotopic (exact) mass is 550 g/mol. The second-order valence-electron chi connectivity index (χ2n) is 9.99. The zero-order chi connectivity index (χ0) is 28.9. The maximum Gasteiger partial charge on any atom is 0.262 e. The van der Waals surface area contributed by atoms with E-state index in [9.17, 15) is 14.0 Å². The number of nitrogens with zero attached hydrogens (tertiary/aromatic N) is 3. The van der Waals surface area contributed by atoms with Crippen molar-refractivity contribution in [2.45, 2.75) is 5.92 Å². The third-order valence-electron chi connectivity index (χ3n) is 6.95. The molecule has 41 heavy (non-hydrogen) atoms. The van der Waals surface area contributed by atoms with E-state index in [4.69, 9.17) is 9.73 Å². The van der Waals surface area contributed by atoms with Gasteiger partial charge < -0.3 is 19.9 Å². The molecule has 1 aliphatic heterocycles. The number of hydrogen-bond donors (Lipinski definition) is 1. The summed E-state index contributed by atoms with van der Waals surface area (Å²) in [5, 5.41) is 2.79. The van der Waals surface area contributed by atoms with Crippen LogP contribution < -0.4 is 15.0 Å². The third-order valence-corrected chi connectivity index (χ3v) is 6.95. The summed E-state index contributed by atoms with van der Waals surface area (Å²) in [6, 6.07) is 28.3. The van der Waals surface area contributed by atoms with E-state index in [1.807, 2.05) is 85.7 Å². The number of carbonyl (C=O) groups is 2. The van der Waals surface area contributed by atoms with Gasteiger partial charge in [0.15, 0.2) is 0 Å². The normalized spacial score (nSPS) is 14.5. The molecule has 4 aromatic carbocycles. The summed E-state index contributed by atoms with van der Waals surface area (Å²) in [4.78, 5) is 35.4. The van der Waals surface area contributed by atoms with Crippen molar-refractivity contribution < 1.29 is 18.7 Å². The van der Waals surface area contributed by atoms with Crippen LogP contribution in [0.5, 0.6) is 5.75 Å². The number of methoxy groups -OCH3 is 1. The number of hydrogen-bond acceptors (Lipinski definition) is 5. The molecule has 0 radical (unpaired) electrons. The molecule has 1 N–H and O–H groups in total. The molecular weight excluding hydrogens is 519 g/mol. The minimum absolute atomic E-state index is 0.169. The molecule has 5 rings (SSSR count). The number of amides is 2. The molecule has 0 aromatic heterocycles. The predicted molar refractivity (Wildman–Crippen MR) is 160 cm³/mol. The molecule has 0 fully saturated rings. The maximum atomic E-state index is 13.9. The topological polar surface area (TPSA) is 74.2 Å². The molecule has 4 aromatic rings. The Morgan fingerprint density at radius 1 is 0.927 bits per heavy atom. The van der Waals surface area contributed by atoms with Gasteiger partial charge in [0.05, 0.1) is 24.1 Å². The Balaban J connectivity index is 1.52. The van der Waals surface area contributed by atoms with Gasteiger partial charge >= 0.3 is 0 Å². The standard InChI is InChI=1S/C33H31FN4O3/c1-37(2)19-20-38(33(40)27-11-7-8-12-29(27)41-3)25-16-14-24(15-17-25)35-31(22-9-5-4-6-10-22)30-26-18-13-23(34)21-28(26)36-32(30)39/h4-18,21,30H,19-20H2,1-3H3,(H,36,39). The van der Waals surface area contributed by atoms with Crippen LogP contribution in [-0.2, 0) is 4.79 Å². The first kappa shape index (κ1) is 27.7. The van der Waals surface area contributed by atoms with Gasteiger partial charge in [-0.1, -0.05) is 48.5 Å². The van der Waals surface area contributed by atoms with Crippen molar-refractivity contribution in [2.75, 3.05) is 44.5 Å². The summed E-state index contributed by atoms with van der Waals surface area (Å²) in [6.45, 7) is 1.13. The molecule has 0 aliphatic carbocycles. The Kier molecular flexibility index (Phi) is 8.21. The van der Waals surface area contributed by atoms with Crippen LogP contribution in [0.15, 0.2) is 102 Å². The number of ether oxygens (including phenoxy) is 1. The van der Waals surface area contributed by atoms with Gasteiger partial charge in [-0.3, -0.25) is 14.6 Å². The fourth-order valence-corrected chi connectivity index (χ4v) is 4.87. The van der Waals surface area contributed by atoms with Crippen LogP contribution in [-0.4, -0.2) is 56.7 Å². The molecule has 0 spiro atoms. The largest absolute Gasteiger partial charge is 0.496 e. The summed E-state index contributed by atoms with van der Waals surface area (Å²) in [5.41, 5.74) is 4.27. The summed E-state index contributed by atoms with van der Waals surface area (Å²) in [6.07, 6.45) is 0. The molecule has 208 valence electrons. The van der Waals surface area contributed by atoms with Crippen LogP contribution in [0.1, 0.15) is 27.4 Å². The Bertz CT molecular complexity index is 1590. The quantitative estimate of drug-likeness (QED) is 0.264. The number of fused-ring (bicyclic) bond motifs is 1. The summed E-state index contributed by atoms with van der Waals surface area (Å²) in [7, 11) is 5.47. The van der Waals surface area contributed by atoms with Gasteiger partial charge in [0, 0.05) is 24.5 Å². The summed E-state index contributed by atoms with van der Waals surface area (Å²) >= 11 is 0. The Morgan fingerprint density at radius 2 is 1.63 bits per heavy atom. The molecule has 0 saturated carbocycles. The van der Waals surface area contributed by atoms with E-state index < -0.39 is 11.7 Å². The molecule has 8 heteroatoms. The number of nitrogens with one attached hydrogen (secondary N) is 1. The highest BCUT2D eigenvalue weighted by molar-refractivity contribution is 6.24. The number of benzene rings is 4. The second kappa shape index (κ2) is 12.1. The van der Waals surface area contributed by atoms with E-state index in [0.717, 1.165) is 5.56 Å². The second-order valence-corrected chi connectivity index (χ2v) is 9.99. The number of likely N-dealkylation sites (N-methyl/N-ethyl adjacent to an activating group) is 1. The number of carbonyl (C=O) groups excluding carboxylic acids is 2. The average Bonchev–Trinajstić information content (AvgIpc) is 3.31. The van der Waals surface area contributed by atoms with Crippen molar-refractivity contribution in [2.24, 2.45) is 4.99 Å². The van der Waals surface area contributed by atoms with E-state index in [1.165, 1.54) is 12.1 Å². The van der Waals surface area contributed by atoms with Crippen LogP contribution >= 0.6 is 0 Å². The van der Waals surface area contributed by atoms with Gasteiger partial charge in [0.2, 0.25) is 5.91 Å². The van der Waals surface area contributed by atoms with Crippen molar-refractivity contribution in [1.29, 1.82) is 0 Å². The molecule has 2 amide bonds. The molecule has 1 aliphatic rings. The number of aliphatic imine (C=N–C) groups is 1. The lowest BCUT2D eigenvalue weighted by Crippen LogP contribution is -2.37. The first-order chi connectivity index (χ1) is 19.9.